The van der Waals surface area contributed by atoms with Crippen molar-refractivity contribution in [1.29, 1.82) is 0 Å². The van der Waals surface area contributed by atoms with E-state index < -0.39 is 0 Å². The zero-order valence-corrected chi connectivity index (χ0v) is 13.2. The zero-order valence-electron chi connectivity index (χ0n) is 12.4. The highest BCUT2D eigenvalue weighted by molar-refractivity contribution is 6.32. The van der Waals surface area contributed by atoms with Gasteiger partial charge in [-0.3, -0.25) is 0 Å². The lowest BCUT2D eigenvalue weighted by atomic mass is 9.60. The number of rotatable bonds is 4. The van der Waals surface area contributed by atoms with Gasteiger partial charge in [-0.05, 0) is 44.0 Å². The van der Waals surface area contributed by atoms with Crippen LogP contribution in [-0.2, 0) is 0 Å². The van der Waals surface area contributed by atoms with E-state index in [4.69, 9.17) is 16.3 Å². The Balaban J connectivity index is 1.76. The minimum absolute atomic E-state index is 0.327. The van der Waals surface area contributed by atoms with Crippen LogP contribution in [0.5, 0.6) is 5.75 Å². The molecule has 0 saturated heterocycles. The quantitative estimate of drug-likeness (QED) is 0.892. The lowest BCUT2D eigenvalue weighted by Gasteiger charge is -2.54. The van der Waals surface area contributed by atoms with Gasteiger partial charge in [0.05, 0.1) is 5.02 Å². The van der Waals surface area contributed by atoms with Gasteiger partial charge >= 0.3 is 0 Å². The van der Waals surface area contributed by atoms with Gasteiger partial charge in [0.15, 0.2) is 0 Å². The molecule has 2 nitrogen and oxygen atoms in total. The van der Waals surface area contributed by atoms with Crippen molar-refractivity contribution >= 4 is 11.6 Å². The maximum absolute atomic E-state index is 6.30. The van der Waals surface area contributed by atoms with Gasteiger partial charge in [0.25, 0.3) is 0 Å². The van der Waals surface area contributed by atoms with Crippen LogP contribution in [0.3, 0.4) is 0 Å². The van der Waals surface area contributed by atoms with Crippen LogP contribution >= 0.6 is 11.6 Å². The molecule has 1 aromatic carbocycles. The monoisotopic (exact) mass is 293 g/mol. The molecule has 2 aliphatic rings. The van der Waals surface area contributed by atoms with Crippen molar-refractivity contribution in [3.05, 3.63) is 28.8 Å². The first kappa shape index (κ1) is 14.2. The Morgan fingerprint density at radius 1 is 1.35 bits per heavy atom. The molecule has 0 amide bonds. The molecule has 2 fully saturated rings. The summed E-state index contributed by atoms with van der Waals surface area (Å²) in [5.74, 6) is 0.859. The average molecular weight is 294 g/mol. The summed E-state index contributed by atoms with van der Waals surface area (Å²) in [4.78, 5) is 0. The van der Waals surface area contributed by atoms with Gasteiger partial charge in [-0.1, -0.05) is 37.4 Å². The van der Waals surface area contributed by atoms with E-state index in [9.17, 15) is 0 Å². The summed E-state index contributed by atoms with van der Waals surface area (Å²) >= 11 is 6.27. The number of halogens is 1. The Hall–Kier alpha value is -0.730. The highest BCUT2D eigenvalue weighted by Gasteiger charge is 2.57. The summed E-state index contributed by atoms with van der Waals surface area (Å²) in [6.07, 6.45) is 6.69. The normalized spacial score (nSPS) is 27.6. The Bertz CT molecular complexity index is 482. The molecule has 2 atom stereocenters. The molecule has 2 aliphatic carbocycles. The summed E-state index contributed by atoms with van der Waals surface area (Å²) in [5, 5.41) is 4.38. The predicted molar refractivity (Wildman–Crippen MR) is 83.6 cm³/mol. The van der Waals surface area contributed by atoms with Crippen LogP contribution in [-0.4, -0.2) is 18.7 Å². The van der Waals surface area contributed by atoms with Gasteiger partial charge < -0.3 is 10.1 Å². The number of hydrogen-bond donors (Lipinski definition) is 1. The van der Waals surface area contributed by atoms with Crippen molar-refractivity contribution in [2.45, 2.75) is 58.1 Å². The third-order valence-electron chi connectivity index (χ3n) is 5.13. The highest BCUT2D eigenvalue weighted by atomic mass is 35.5. The largest absolute Gasteiger partial charge is 0.488 e. The summed E-state index contributed by atoms with van der Waals surface area (Å²) in [7, 11) is 0. The first-order valence-electron chi connectivity index (χ1n) is 7.82. The second-order valence-electron chi connectivity index (χ2n) is 6.33. The highest BCUT2D eigenvalue weighted by Crippen LogP contribution is 2.55. The van der Waals surface area contributed by atoms with Gasteiger partial charge in [-0.25, -0.2) is 0 Å². The van der Waals surface area contributed by atoms with E-state index in [-0.39, 0.29) is 0 Å². The van der Waals surface area contributed by atoms with Crippen molar-refractivity contribution in [3.8, 4) is 5.75 Å². The zero-order chi connectivity index (χ0) is 14.2. The van der Waals surface area contributed by atoms with Crippen LogP contribution < -0.4 is 10.1 Å². The number of benzene rings is 1. The third kappa shape index (κ3) is 2.33. The smallest absolute Gasteiger partial charge is 0.138 e. The van der Waals surface area contributed by atoms with Crippen molar-refractivity contribution in [2.75, 3.05) is 6.54 Å². The Labute approximate surface area is 126 Å². The topological polar surface area (TPSA) is 21.3 Å². The molecule has 2 saturated carbocycles. The number of ether oxygens (including phenoxy) is 1. The van der Waals surface area contributed by atoms with Crippen LogP contribution in [0, 0.1) is 12.3 Å². The standard InChI is InChI=1S/C17H24ClNO/c1-3-19-15-11-16(17(15)8-4-5-9-17)20-14-10-12(2)6-7-13(14)18/h6-7,10,15-16,19H,3-5,8-9,11H2,1-2H3. The molecule has 0 bridgehead atoms. The molecular formula is C17H24ClNO. The Kier molecular flexibility index (Phi) is 3.96. The third-order valence-corrected chi connectivity index (χ3v) is 5.44. The molecule has 0 aromatic heterocycles. The second kappa shape index (κ2) is 5.57. The van der Waals surface area contributed by atoms with Crippen molar-refractivity contribution in [1.82, 2.24) is 5.32 Å². The van der Waals surface area contributed by atoms with Gasteiger partial charge in [-0.2, -0.15) is 0 Å². The van der Waals surface area contributed by atoms with Gasteiger partial charge in [0, 0.05) is 17.9 Å². The molecule has 0 aliphatic heterocycles. The molecule has 0 radical (unpaired) electrons. The molecule has 3 rings (SSSR count). The van der Waals surface area contributed by atoms with Crippen molar-refractivity contribution in [2.24, 2.45) is 5.41 Å². The SMILES string of the molecule is CCNC1CC(Oc2cc(C)ccc2Cl)C12CCCC2. The van der Waals surface area contributed by atoms with E-state index in [1.807, 2.05) is 12.1 Å². The van der Waals surface area contributed by atoms with Crippen LogP contribution in [0.15, 0.2) is 18.2 Å². The Morgan fingerprint density at radius 2 is 2.10 bits per heavy atom. The lowest BCUT2D eigenvalue weighted by molar-refractivity contribution is -0.0755. The molecule has 110 valence electrons. The first-order chi connectivity index (χ1) is 9.65. The molecule has 1 aromatic rings. The molecular weight excluding hydrogens is 270 g/mol. The molecule has 1 N–H and O–H groups in total. The maximum atomic E-state index is 6.30. The fourth-order valence-electron chi connectivity index (χ4n) is 4.00. The van der Waals surface area contributed by atoms with Gasteiger partial charge in [0.2, 0.25) is 0 Å². The molecule has 2 unspecified atom stereocenters. The molecule has 1 spiro atoms. The minimum Gasteiger partial charge on any atom is -0.488 e. The van der Waals surface area contributed by atoms with Crippen molar-refractivity contribution < 1.29 is 4.74 Å². The van der Waals surface area contributed by atoms with Crippen LogP contribution in [0.25, 0.3) is 0 Å². The summed E-state index contributed by atoms with van der Waals surface area (Å²) in [6, 6.07) is 6.66. The van der Waals surface area contributed by atoms with E-state index in [0.717, 1.165) is 23.7 Å². The van der Waals surface area contributed by atoms with Crippen LogP contribution in [0.1, 0.15) is 44.6 Å². The predicted octanol–water partition coefficient (Wildman–Crippen LogP) is 4.34. The van der Waals surface area contributed by atoms with Crippen molar-refractivity contribution in [3.63, 3.8) is 0 Å². The molecule has 20 heavy (non-hydrogen) atoms. The minimum atomic E-state index is 0.327. The number of nitrogens with one attached hydrogen (secondary N) is 1. The Morgan fingerprint density at radius 3 is 2.80 bits per heavy atom. The van der Waals surface area contributed by atoms with Gasteiger partial charge in [-0.15, -0.1) is 0 Å². The van der Waals surface area contributed by atoms with Crippen LogP contribution in [0.2, 0.25) is 5.02 Å². The van der Waals surface area contributed by atoms with Crippen LogP contribution in [0.4, 0.5) is 0 Å². The molecule has 0 heterocycles. The molecule has 3 heteroatoms. The van der Waals surface area contributed by atoms with E-state index in [1.165, 1.54) is 31.2 Å². The fraction of sp³-hybridized carbons (Fsp3) is 0.647. The first-order valence-corrected chi connectivity index (χ1v) is 8.20. The average Bonchev–Trinajstić information content (AvgIpc) is 2.94. The summed E-state index contributed by atoms with van der Waals surface area (Å²) in [6.45, 7) is 5.31. The van der Waals surface area contributed by atoms with Gasteiger partial charge in [0.1, 0.15) is 11.9 Å². The lowest BCUT2D eigenvalue weighted by Crippen LogP contribution is -2.63. The summed E-state index contributed by atoms with van der Waals surface area (Å²) < 4.78 is 6.30. The number of aryl methyl sites for hydroxylation is 1. The van der Waals surface area contributed by atoms with E-state index in [1.54, 1.807) is 0 Å². The van der Waals surface area contributed by atoms with E-state index in [2.05, 4.69) is 25.2 Å². The summed E-state index contributed by atoms with van der Waals surface area (Å²) in [5.41, 5.74) is 1.55. The number of hydrogen-bond acceptors (Lipinski definition) is 2. The second-order valence-corrected chi connectivity index (χ2v) is 6.73. The van der Waals surface area contributed by atoms with E-state index in [0.29, 0.717) is 17.6 Å². The fourth-order valence-corrected chi connectivity index (χ4v) is 4.17. The van der Waals surface area contributed by atoms with E-state index >= 15 is 0 Å². The maximum Gasteiger partial charge on any atom is 0.138 e.